The van der Waals surface area contributed by atoms with Crippen LogP contribution in [0.2, 0.25) is 0 Å². The number of thioether (sulfide) groups is 1. The normalized spacial score (nSPS) is 11.9. The third-order valence-corrected chi connectivity index (χ3v) is 4.16. The lowest BCUT2D eigenvalue weighted by molar-refractivity contribution is -0.479. The van der Waals surface area contributed by atoms with Crippen molar-refractivity contribution in [2.75, 3.05) is 13.7 Å². The topological polar surface area (TPSA) is 72.6 Å². The van der Waals surface area contributed by atoms with Crippen LogP contribution >= 0.6 is 11.8 Å². The molecule has 0 bridgehead atoms. The van der Waals surface area contributed by atoms with Crippen molar-refractivity contribution in [3.63, 3.8) is 0 Å². The fraction of sp³-hybridized carbons (Fsp3) is 0.200. The highest BCUT2D eigenvalue weighted by molar-refractivity contribution is 7.99. The number of benzene rings is 2. The number of nitrogens with zero attached hydrogens (tertiary/aromatic N) is 1. The molecule has 0 saturated carbocycles. The molecule has 0 saturated heterocycles. The van der Waals surface area contributed by atoms with Gasteiger partial charge >= 0.3 is 0 Å². The van der Waals surface area contributed by atoms with Crippen molar-refractivity contribution in [1.82, 2.24) is 0 Å². The average Bonchev–Trinajstić information content (AvgIpc) is 2.48. The number of hydrogen-bond donors (Lipinski definition) is 1. The van der Waals surface area contributed by atoms with E-state index in [0.29, 0.717) is 5.75 Å². The molecule has 2 rings (SSSR count). The molecule has 0 aromatic heterocycles. The van der Waals surface area contributed by atoms with Gasteiger partial charge in [-0.3, -0.25) is 10.1 Å². The van der Waals surface area contributed by atoms with Crippen LogP contribution in [0.1, 0.15) is 10.8 Å². The van der Waals surface area contributed by atoms with Crippen LogP contribution in [-0.4, -0.2) is 23.7 Å². The van der Waals surface area contributed by atoms with Gasteiger partial charge in [0.2, 0.25) is 6.54 Å². The third-order valence-electron chi connectivity index (χ3n) is 2.91. The molecule has 2 aromatic rings. The van der Waals surface area contributed by atoms with E-state index < -0.39 is 0 Å². The molecule has 21 heavy (non-hydrogen) atoms. The summed E-state index contributed by atoms with van der Waals surface area (Å²) in [5.74, 6) is 0.334. The van der Waals surface area contributed by atoms with Crippen molar-refractivity contribution in [2.24, 2.45) is 0 Å². The SMILES string of the molecule is COc1cc(C(C[N+](=O)[O-])Sc2ccccc2)ccc1O. The Morgan fingerprint density at radius 3 is 2.62 bits per heavy atom. The van der Waals surface area contributed by atoms with Crippen LogP contribution in [0.5, 0.6) is 11.5 Å². The van der Waals surface area contributed by atoms with Crippen molar-refractivity contribution in [3.8, 4) is 11.5 Å². The van der Waals surface area contributed by atoms with Gasteiger partial charge in [-0.15, -0.1) is 11.8 Å². The van der Waals surface area contributed by atoms with Gasteiger partial charge in [0.1, 0.15) is 0 Å². The fourth-order valence-corrected chi connectivity index (χ4v) is 3.03. The highest BCUT2D eigenvalue weighted by Crippen LogP contribution is 2.38. The maximum Gasteiger partial charge on any atom is 0.220 e. The van der Waals surface area contributed by atoms with Crippen LogP contribution in [0.25, 0.3) is 0 Å². The van der Waals surface area contributed by atoms with Gasteiger partial charge in [-0.1, -0.05) is 24.3 Å². The summed E-state index contributed by atoms with van der Waals surface area (Å²) in [6.07, 6.45) is 0. The van der Waals surface area contributed by atoms with E-state index in [1.54, 1.807) is 12.1 Å². The molecule has 0 aliphatic carbocycles. The standard InChI is InChI=1S/C15H15NO4S/c1-20-14-9-11(7-8-13(14)17)15(10-16(18)19)21-12-5-3-2-4-6-12/h2-9,15,17H,10H2,1H3. The Bertz CT molecular complexity index is 618. The molecule has 1 atom stereocenters. The van der Waals surface area contributed by atoms with Crippen LogP contribution in [-0.2, 0) is 0 Å². The molecule has 0 radical (unpaired) electrons. The zero-order valence-corrected chi connectivity index (χ0v) is 12.2. The second kappa shape index (κ2) is 6.99. The van der Waals surface area contributed by atoms with Crippen LogP contribution in [0.15, 0.2) is 53.4 Å². The summed E-state index contributed by atoms with van der Waals surface area (Å²) in [5.41, 5.74) is 0.746. The quantitative estimate of drug-likeness (QED) is 0.502. The molecule has 0 fully saturated rings. The van der Waals surface area contributed by atoms with Crippen molar-refractivity contribution in [2.45, 2.75) is 10.1 Å². The summed E-state index contributed by atoms with van der Waals surface area (Å²) in [6, 6.07) is 14.3. The molecule has 1 N–H and O–H groups in total. The van der Waals surface area contributed by atoms with E-state index in [2.05, 4.69) is 0 Å². The minimum absolute atomic E-state index is 0.0193. The van der Waals surface area contributed by atoms with Crippen LogP contribution < -0.4 is 4.74 Å². The average molecular weight is 305 g/mol. The summed E-state index contributed by atoms with van der Waals surface area (Å²) in [5, 5.41) is 20.2. The van der Waals surface area contributed by atoms with Crippen LogP contribution in [0.3, 0.4) is 0 Å². The highest BCUT2D eigenvalue weighted by atomic mass is 32.2. The van der Waals surface area contributed by atoms with Crippen molar-refractivity contribution < 1.29 is 14.8 Å². The number of phenolic OH excluding ortho intramolecular Hbond substituents is 1. The maximum atomic E-state index is 10.9. The van der Waals surface area contributed by atoms with E-state index in [1.165, 1.54) is 24.9 Å². The minimum Gasteiger partial charge on any atom is -0.504 e. The Balaban J connectivity index is 2.29. The predicted octanol–water partition coefficient (Wildman–Crippen LogP) is 3.51. The second-order valence-corrected chi connectivity index (χ2v) is 5.64. The monoisotopic (exact) mass is 305 g/mol. The first kappa shape index (κ1) is 15.2. The van der Waals surface area contributed by atoms with Crippen molar-refractivity contribution in [3.05, 3.63) is 64.2 Å². The predicted molar refractivity (Wildman–Crippen MR) is 81.6 cm³/mol. The van der Waals surface area contributed by atoms with Crippen molar-refractivity contribution in [1.29, 1.82) is 0 Å². The first-order valence-corrected chi connectivity index (χ1v) is 7.18. The lowest BCUT2D eigenvalue weighted by Gasteiger charge is -2.14. The zero-order chi connectivity index (χ0) is 15.2. The molecule has 0 aliphatic heterocycles. The molecule has 0 heterocycles. The van der Waals surface area contributed by atoms with Gasteiger partial charge in [-0.25, -0.2) is 0 Å². The number of ether oxygens (including phenoxy) is 1. The van der Waals surface area contributed by atoms with Crippen molar-refractivity contribution >= 4 is 11.8 Å². The van der Waals surface area contributed by atoms with Gasteiger partial charge in [0.15, 0.2) is 11.5 Å². The van der Waals surface area contributed by atoms with E-state index >= 15 is 0 Å². The third kappa shape index (κ3) is 4.13. The molecule has 2 aromatic carbocycles. The number of rotatable bonds is 6. The van der Waals surface area contributed by atoms with Gasteiger partial charge in [-0.2, -0.15) is 0 Å². The molecule has 6 heteroatoms. The number of phenols is 1. The van der Waals surface area contributed by atoms with E-state index in [0.717, 1.165) is 10.5 Å². The molecule has 0 spiro atoms. The summed E-state index contributed by atoms with van der Waals surface area (Å²) in [7, 11) is 1.45. The summed E-state index contributed by atoms with van der Waals surface area (Å²) in [4.78, 5) is 11.5. The van der Waals surface area contributed by atoms with Crippen LogP contribution in [0, 0.1) is 10.1 Å². The summed E-state index contributed by atoms with van der Waals surface area (Å²) >= 11 is 1.42. The number of aromatic hydroxyl groups is 1. The van der Waals surface area contributed by atoms with E-state index in [9.17, 15) is 15.2 Å². The largest absolute Gasteiger partial charge is 0.504 e. The molecule has 110 valence electrons. The van der Waals surface area contributed by atoms with E-state index in [1.807, 2.05) is 30.3 Å². The Hall–Kier alpha value is -2.21. The lowest BCUT2D eigenvalue weighted by atomic mass is 10.1. The molecule has 0 aliphatic rings. The minimum atomic E-state index is -0.350. The van der Waals surface area contributed by atoms with Crippen LogP contribution in [0.4, 0.5) is 0 Å². The van der Waals surface area contributed by atoms with Gasteiger partial charge in [0.25, 0.3) is 0 Å². The number of nitro groups is 1. The van der Waals surface area contributed by atoms with E-state index in [-0.39, 0.29) is 22.5 Å². The van der Waals surface area contributed by atoms with E-state index in [4.69, 9.17) is 4.74 Å². The molecule has 0 amide bonds. The highest BCUT2D eigenvalue weighted by Gasteiger charge is 2.20. The van der Waals surface area contributed by atoms with Gasteiger partial charge < -0.3 is 9.84 Å². The van der Waals surface area contributed by atoms with Gasteiger partial charge in [0.05, 0.1) is 12.4 Å². The first-order valence-electron chi connectivity index (χ1n) is 6.30. The summed E-state index contributed by atoms with van der Waals surface area (Å²) < 4.78 is 5.06. The Morgan fingerprint density at radius 2 is 2.00 bits per heavy atom. The zero-order valence-electron chi connectivity index (χ0n) is 11.4. The maximum absolute atomic E-state index is 10.9. The molecular formula is C15H15NO4S. The smallest absolute Gasteiger partial charge is 0.220 e. The Morgan fingerprint density at radius 1 is 1.29 bits per heavy atom. The molecule has 1 unspecified atom stereocenters. The van der Waals surface area contributed by atoms with Gasteiger partial charge in [-0.05, 0) is 29.8 Å². The van der Waals surface area contributed by atoms with Gasteiger partial charge in [0, 0.05) is 9.82 Å². The fourth-order valence-electron chi connectivity index (χ4n) is 1.90. The molecule has 5 nitrogen and oxygen atoms in total. The first-order chi connectivity index (χ1) is 10.1. The molecular weight excluding hydrogens is 290 g/mol. The number of methoxy groups -OCH3 is 1. The Labute approximate surface area is 126 Å². The number of hydrogen-bond acceptors (Lipinski definition) is 5. The lowest BCUT2D eigenvalue weighted by Crippen LogP contribution is -2.09. The summed E-state index contributed by atoms with van der Waals surface area (Å²) in [6.45, 7) is -0.201. The Kier molecular flexibility index (Phi) is 5.05. The second-order valence-electron chi connectivity index (χ2n) is 4.37.